The van der Waals surface area contributed by atoms with Gasteiger partial charge in [-0.25, -0.2) is 0 Å². The number of nitrogens with one attached hydrogen (secondary N) is 2. The van der Waals surface area contributed by atoms with Gasteiger partial charge in [0.1, 0.15) is 0 Å². The Labute approximate surface area is 110 Å². The van der Waals surface area contributed by atoms with Gasteiger partial charge in [-0.1, -0.05) is 38.2 Å². The maximum atomic E-state index is 12.5. The second kappa shape index (κ2) is 5.37. The monoisotopic (exact) mass is 248 g/mol. The molecule has 0 aromatic heterocycles. The molecule has 2 rings (SSSR count). The highest BCUT2D eigenvalue weighted by Crippen LogP contribution is 2.26. The number of carbonyl (C=O) groups excluding carboxylic acids is 1. The molecule has 2 aliphatic rings. The smallest absolute Gasteiger partial charge is 0.174 e. The normalized spacial score (nSPS) is 36.3. The lowest BCUT2D eigenvalue weighted by molar-refractivity contribution is -0.121. The first-order valence-electron chi connectivity index (χ1n) is 6.97. The first kappa shape index (κ1) is 13.5. The van der Waals surface area contributed by atoms with E-state index >= 15 is 0 Å². The molecule has 0 aromatic rings. The van der Waals surface area contributed by atoms with Crippen molar-refractivity contribution >= 4 is 5.78 Å². The molecule has 0 saturated carbocycles. The average molecular weight is 248 g/mol. The minimum absolute atomic E-state index is 0.181. The van der Waals surface area contributed by atoms with Crippen LogP contribution in [-0.4, -0.2) is 30.0 Å². The third-order valence-electron chi connectivity index (χ3n) is 4.19. The van der Waals surface area contributed by atoms with Crippen LogP contribution in [0, 0.1) is 0 Å². The van der Waals surface area contributed by atoms with Crippen LogP contribution in [0.4, 0.5) is 0 Å². The van der Waals surface area contributed by atoms with Crippen LogP contribution >= 0.6 is 0 Å². The molecule has 3 heteroatoms. The Morgan fingerprint density at radius 3 is 1.72 bits per heavy atom. The quantitative estimate of drug-likeness (QED) is 0.747. The molecule has 3 nitrogen and oxygen atoms in total. The minimum atomic E-state index is -0.181. The van der Waals surface area contributed by atoms with E-state index in [2.05, 4.69) is 37.6 Å². The van der Waals surface area contributed by atoms with Gasteiger partial charge in [0.25, 0.3) is 0 Å². The van der Waals surface area contributed by atoms with Crippen molar-refractivity contribution in [2.24, 2.45) is 0 Å². The Morgan fingerprint density at radius 2 is 1.44 bits per heavy atom. The largest absolute Gasteiger partial charge is 0.301 e. The molecule has 0 amide bonds. The predicted molar refractivity (Wildman–Crippen MR) is 74.5 cm³/mol. The van der Waals surface area contributed by atoms with E-state index in [9.17, 15) is 4.79 Å². The Balaban J connectivity index is 2.04. The molecule has 0 aromatic carbocycles. The zero-order chi connectivity index (χ0) is 13.3. The van der Waals surface area contributed by atoms with Crippen LogP contribution in [0.15, 0.2) is 24.3 Å². The van der Waals surface area contributed by atoms with E-state index in [0.717, 1.165) is 36.8 Å². The summed E-state index contributed by atoms with van der Waals surface area (Å²) in [4.78, 5) is 12.5. The van der Waals surface area contributed by atoms with E-state index in [1.807, 2.05) is 0 Å². The Hall–Kier alpha value is -0.930. The molecular formula is C15H24N2O. The van der Waals surface area contributed by atoms with Gasteiger partial charge in [0.05, 0.1) is 12.1 Å². The van der Waals surface area contributed by atoms with Crippen LogP contribution in [0.3, 0.4) is 0 Å². The van der Waals surface area contributed by atoms with Crippen molar-refractivity contribution in [2.45, 2.75) is 63.7 Å². The van der Waals surface area contributed by atoms with Crippen LogP contribution in [0.25, 0.3) is 0 Å². The molecule has 0 aliphatic carbocycles. The molecule has 4 atom stereocenters. The van der Waals surface area contributed by atoms with E-state index in [0.29, 0.717) is 12.1 Å². The van der Waals surface area contributed by atoms with Crippen molar-refractivity contribution < 1.29 is 4.79 Å². The number of Topliss-reactive ketones (excluding diaryl/α,β-unsaturated/α-hetero) is 1. The van der Waals surface area contributed by atoms with Crippen LogP contribution < -0.4 is 10.6 Å². The zero-order valence-electron chi connectivity index (χ0n) is 11.5. The summed E-state index contributed by atoms with van der Waals surface area (Å²) in [6.45, 7) is 12.4. The molecular weight excluding hydrogens is 224 g/mol. The lowest BCUT2D eigenvalue weighted by atomic mass is 9.96. The van der Waals surface area contributed by atoms with E-state index in [-0.39, 0.29) is 17.9 Å². The third-order valence-corrected chi connectivity index (χ3v) is 4.19. The van der Waals surface area contributed by atoms with E-state index < -0.39 is 0 Å². The van der Waals surface area contributed by atoms with Gasteiger partial charge in [0.2, 0.25) is 0 Å². The van der Waals surface area contributed by atoms with Gasteiger partial charge >= 0.3 is 0 Å². The van der Waals surface area contributed by atoms with Crippen LogP contribution in [0.5, 0.6) is 0 Å². The minimum Gasteiger partial charge on any atom is -0.301 e. The van der Waals surface area contributed by atoms with Gasteiger partial charge in [-0.2, -0.15) is 0 Å². The molecule has 0 bridgehead atoms. The molecule has 2 N–H and O–H groups in total. The van der Waals surface area contributed by atoms with Gasteiger partial charge in [-0.15, -0.1) is 0 Å². The van der Waals surface area contributed by atoms with Gasteiger partial charge in [-0.3, -0.25) is 4.79 Å². The van der Waals surface area contributed by atoms with Crippen molar-refractivity contribution in [1.29, 1.82) is 0 Å². The van der Waals surface area contributed by atoms with Crippen LogP contribution in [-0.2, 0) is 4.79 Å². The molecule has 0 spiro atoms. The number of carbonyl (C=O) groups is 1. The second-order valence-corrected chi connectivity index (χ2v) is 5.54. The Bertz CT molecular complexity index is 341. The summed E-state index contributed by atoms with van der Waals surface area (Å²) in [6, 6.07) is 0.450. The number of ketones is 1. The SMILES string of the molecule is C=C1CC(CC)NC1C(=O)C1NC(CC)CC1=C. The highest BCUT2D eigenvalue weighted by Gasteiger charge is 2.39. The molecule has 0 radical (unpaired) electrons. The summed E-state index contributed by atoms with van der Waals surface area (Å²) in [5.74, 6) is 0.205. The second-order valence-electron chi connectivity index (χ2n) is 5.54. The predicted octanol–water partition coefficient (Wildman–Crippen LogP) is 1.95. The zero-order valence-corrected chi connectivity index (χ0v) is 11.5. The molecule has 2 saturated heterocycles. The standard InChI is InChI=1S/C15H24N2O/c1-5-11-7-9(3)13(16-11)15(18)14-10(4)8-12(6-2)17-14/h11-14,16-17H,3-8H2,1-2H3. The lowest BCUT2D eigenvalue weighted by Crippen LogP contribution is -2.46. The summed E-state index contributed by atoms with van der Waals surface area (Å²) < 4.78 is 0. The Kier molecular flexibility index (Phi) is 4.03. The molecule has 2 heterocycles. The fraction of sp³-hybridized carbons (Fsp3) is 0.667. The van der Waals surface area contributed by atoms with Crippen molar-refractivity contribution in [3.8, 4) is 0 Å². The van der Waals surface area contributed by atoms with E-state index in [1.165, 1.54) is 0 Å². The first-order valence-corrected chi connectivity index (χ1v) is 6.97. The van der Waals surface area contributed by atoms with Gasteiger partial charge in [-0.05, 0) is 25.7 Å². The summed E-state index contributed by atoms with van der Waals surface area (Å²) >= 11 is 0. The van der Waals surface area contributed by atoms with Gasteiger partial charge in [0.15, 0.2) is 5.78 Å². The molecule has 4 unspecified atom stereocenters. The summed E-state index contributed by atoms with van der Waals surface area (Å²) in [7, 11) is 0. The van der Waals surface area contributed by atoms with Crippen molar-refractivity contribution in [3.63, 3.8) is 0 Å². The lowest BCUT2D eigenvalue weighted by Gasteiger charge is -2.19. The maximum absolute atomic E-state index is 12.5. The molecule has 100 valence electrons. The topological polar surface area (TPSA) is 41.1 Å². The molecule has 2 fully saturated rings. The van der Waals surface area contributed by atoms with E-state index in [4.69, 9.17) is 0 Å². The molecule has 2 aliphatic heterocycles. The first-order chi connectivity index (χ1) is 8.56. The number of rotatable bonds is 4. The summed E-state index contributed by atoms with van der Waals surface area (Å²) in [5, 5.41) is 6.78. The van der Waals surface area contributed by atoms with Crippen LogP contribution in [0.2, 0.25) is 0 Å². The number of hydrogen-bond donors (Lipinski definition) is 2. The highest BCUT2D eigenvalue weighted by atomic mass is 16.1. The average Bonchev–Trinajstić information content (AvgIpc) is 2.91. The summed E-state index contributed by atoms with van der Waals surface area (Å²) in [6.07, 6.45) is 3.92. The fourth-order valence-corrected chi connectivity index (χ4v) is 2.95. The van der Waals surface area contributed by atoms with Gasteiger partial charge in [0, 0.05) is 12.1 Å². The Morgan fingerprint density at radius 1 is 1.06 bits per heavy atom. The number of hydrogen-bond acceptors (Lipinski definition) is 3. The highest BCUT2D eigenvalue weighted by molar-refractivity contribution is 5.95. The fourth-order valence-electron chi connectivity index (χ4n) is 2.95. The third kappa shape index (κ3) is 2.43. The van der Waals surface area contributed by atoms with Crippen LogP contribution in [0.1, 0.15) is 39.5 Å². The van der Waals surface area contributed by atoms with Gasteiger partial charge < -0.3 is 10.6 Å². The van der Waals surface area contributed by atoms with Crippen molar-refractivity contribution in [2.75, 3.05) is 0 Å². The molecule has 18 heavy (non-hydrogen) atoms. The van der Waals surface area contributed by atoms with E-state index in [1.54, 1.807) is 0 Å². The summed E-state index contributed by atoms with van der Waals surface area (Å²) in [5.41, 5.74) is 2.06. The van der Waals surface area contributed by atoms with Crippen molar-refractivity contribution in [3.05, 3.63) is 24.3 Å². The van der Waals surface area contributed by atoms with Crippen molar-refractivity contribution in [1.82, 2.24) is 10.6 Å². The maximum Gasteiger partial charge on any atom is 0.174 e.